The van der Waals surface area contributed by atoms with Gasteiger partial charge in [0, 0.05) is 0 Å². The van der Waals surface area contributed by atoms with Crippen molar-refractivity contribution in [2.45, 2.75) is 39.0 Å². The average Bonchev–Trinajstić information content (AvgIpc) is 2.57. The Morgan fingerprint density at radius 1 is 0.609 bits per heavy atom. The Balaban J connectivity index is 1.98. The molecule has 2 aromatic rings. The number of hydrogen-bond donors (Lipinski definition) is 0. The minimum Gasteiger partial charge on any atom is -0.0978 e. The standard InChI is InChI=1S/C21H30P2/c1-3-15-22(17-20-11-7-5-8-12-20)19-23(16-4-2)18-21-13-9-6-10-14-21/h5-14H,3-4,15-19H2,1-2H3. The molecular weight excluding hydrogens is 314 g/mol. The van der Waals surface area contributed by atoms with E-state index in [4.69, 9.17) is 0 Å². The number of hydrogen-bond acceptors (Lipinski definition) is 0. The molecule has 0 saturated carbocycles. The van der Waals surface area contributed by atoms with Crippen molar-refractivity contribution in [2.75, 3.05) is 18.2 Å². The van der Waals surface area contributed by atoms with E-state index in [0.29, 0.717) is 0 Å². The smallest absolute Gasteiger partial charge is 0.00699 e. The van der Waals surface area contributed by atoms with E-state index in [0.717, 1.165) is 0 Å². The van der Waals surface area contributed by atoms with E-state index in [2.05, 4.69) is 74.5 Å². The summed E-state index contributed by atoms with van der Waals surface area (Å²) in [6, 6.07) is 22.3. The van der Waals surface area contributed by atoms with Gasteiger partial charge >= 0.3 is 0 Å². The molecule has 2 unspecified atom stereocenters. The van der Waals surface area contributed by atoms with Crippen LogP contribution in [0, 0.1) is 0 Å². The first-order valence-electron chi connectivity index (χ1n) is 8.84. The molecule has 0 nitrogen and oxygen atoms in total. The summed E-state index contributed by atoms with van der Waals surface area (Å²) >= 11 is 0. The maximum absolute atomic E-state index is 2.35. The second-order valence-corrected chi connectivity index (χ2v) is 11.6. The fraction of sp³-hybridized carbons (Fsp3) is 0.429. The Bertz CT molecular complexity index is 475. The van der Waals surface area contributed by atoms with E-state index < -0.39 is 0 Å². The van der Waals surface area contributed by atoms with Crippen molar-refractivity contribution in [1.29, 1.82) is 0 Å². The SMILES string of the molecule is CCCP(Cc1ccccc1)CP(CCC)Cc1ccccc1. The van der Waals surface area contributed by atoms with Gasteiger partial charge in [-0.2, -0.15) is 0 Å². The molecule has 23 heavy (non-hydrogen) atoms. The first kappa shape index (κ1) is 18.6. The van der Waals surface area contributed by atoms with Crippen LogP contribution < -0.4 is 0 Å². The van der Waals surface area contributed by atoms with Crippen LogP contribution in [0.5, 0.6) is 0 Å². The van der Waals surface area contributed by atoms with Crippen LogP contribution in [-0.4, -0.2) is 18.2 Å². The maximum Gasteiger partial charge on any atom is -0.00699 e. The third-order valence-corrected chi connectivity index (χ3v) is 11.0. The molecule has 0 aliphatic carbocycles. The first-order valence-corrected chi connectivity index (χ1v) is 12.6. The van der Waals surface area contributed by atoms with Crippen molar-refractivity contribution < 1.29 is 0 Å². The Morgan fingerprint density at radius 3 is 1.35 bits per heavy atom. The van der Waals surface area contributed by atoms with E-state index in [-0.39, 0.29) is 15.8 Å². The fourth-order valence-corrected chi connectivity index (χ4v) is 10.2. The van der Waals surface area contributed by atoms with Gasteiger partial charge < -0.3 is 0 Å². The van der Waals surface area contributed by atoms with E-state index in [1.807, 2.05) is 0 Å². The summed E-state index contributed by atoms with van der Waals surface area (Å²) in [6.45, 7) is 4.69. The molecule has 124 valence electrons. The van der Waals surface area contributed by atoms with Gasteiger partial charge in [0.15, 0.2) is 0 Å². The van der Waals surface area contributed by atoms with Crippen LogP contribution in [0.2, 0.25) is 0 Å². The topological polar surface area (TPSA) is 0 Å². The minimum atomic E-state index is 0.145. The lowest BCUT2D eigenvalue weighted by Gasteiger charge is -2.25. The molecule has 0 fully saturated rings. The normalized spacial score (nSPS) is 13.7. The van der Waals surface area contributed by atoms with Crippen LogP contribution in [0.15, 0.2) is 60.7 Å². The quantitative estimate of drug-likeness (QED) is 0.402. The lowest BCUT2D eigenvalue weighted by molar-refractivity contribution is 1.08. The number of benzene rings is 2. The summed E-state index contributed by atoms with van der Waals surface area (Å²) in [7, 11) is 0.289. The molecular formula is C21H30P2. The summed E-state index contributed by atoms with van der Waals surface area (Å²) < 4.78 is 0. The van der Waals surface area contributed by atoms with Crippen molar-refractivity contribution in [3.05, 3.63) is 71.8 Å². The zero-order chi connectivity index (χ0) is 16.3. The second kappa shape index (κ2) is 11.0. The molecule has 0 spiro atoms. The van der Waals surface area contributed by atoms with Gasteiger partial charge in [-0.3, -0.25) is 0 Å². The Labute approximate surface area is 145 Å². The second-order valence-electron chi connectivity index (χ2n) is 6.22. The third-order valence-electron chi connectivity index (χ3n) is 3.98. The van der Waals surface area contributed by atoms with Crippen LogP contribution in [0.4, 0.5) is 0 Å². The van der Waals surface area contributed by atoms with Crippen LogP contribution in [-0.2, 0) is 12.3 Å². The van der Waals surface area contributed by atoms with E-state index in [9.17, 15) is 0 Å². The van der Waals surface area contributed by atoms with Crippen LogP contribution in [0.1, 0.15) is 37.8 Å². The van der Waals surface area contributed by atoms with E-state index in [1.165, 1.54) is 43.4 Å². The Morgan fingerprint density at radius 2 is 1.00 bits per heavy atom. The van der Waals surface area contributed by atoms with Gasteiger partial charge in [0.05, 0.1) is 0 Å². The molecule has 0 bridgehead atoms. The van der Waals surface area contributed by atoms with Crippen molar-refractivity contribution in [3.8, 4) is 0 Å². The van der Waals surface area contributed by atoms with Gasteiger partial charge in [0.2, 0.25) is 0 Å². The monoisotopic (exact) mass is 344 g/mol. The summed E-state index contributed by atoms with van der Waals surface area (Å²) in [6.07, 6.45) is 8.17. The van der Waals surface area contributed by atoms with Crippen molar-refractivity contribution >= 4 is 15.8 Å². The average molecular weight is 344 g/mol. The fourth-order valence-electron chi connectivity index (χ4n) is 3.00. The molecule has 0 aromatic heterocycles. The highest BCUT2D eigenvalue weighted by Gasteiger charge is 2.15. The van der Waals surface area contributed by atoms with Gasteiger partial charge in [-0.25, -0.2) is 0 Å². The molecule has 0 aliphatic heterocycles. The molecule has 2 rings (SSSR count). The van der Waals surface area contributed by atoms with Gasteiger partial charge in [-0.1, -0.05) is 103 Å². The highest BCUT2D eigenvalue weighted by Crippen LogP contribution is 2.54. The summed E-state index contributed by atoms with van der Waals surface area (Å²) in [5.74, 6) is 1.50. The molecule has 2 aromatic carbocycles. The first-order chi connectivity index (χ1) is 11.3. The Hall–Kier alpha value is -0.700. The van der Waals surface area contributed by atoms with Gasteiger partial charge in [0.1, 0.15) is 0 Å². The summed E-state index contributed by atoms with van der Waals surface area (Å²) in [5.41, 5.74) is 3.08. The minimum absolute atomic E-state index is 0.145. The molecule has 0 heterocycles. The molecule has 0 N–H and O–H groups in total. The molecule has 0 radical (unpaired) electrons. The largest absolute Gasteiger partial charge is 0.0978 e. The van der Waals surface area contributed by atoms with Crippen molar-refractivity contribution in [2.24, 2.45) is 0 Å². The van der Waals surface area contributed by atoms with Crippen molar-refractivity contribution in [1.82, 2.24) is 0 Å². The molecule has 2 heteroatoms. The molecule has 2 atom stereocenters. The molecule has 0 saturated heterocycles. The zero-order valence-electron chi connectivity index (χ0n) is 14.6. The van der Waals surface area contributed by atoms with E-state index >= 15 is 0 Å². The predicted molar refractivity (Wildman–Crippen MR) is 109 cm³/mol. The van der Waals surface area contributed by atoms with Gasteiger partial charge in [0.25, 0.3) is 0 Å². The van der Waals surface area contributed by atoms with Gasteiger partial charge in [-0.05, 0) is 41.7 Å². The molecule has 0 amide bonds. The van der Waals surface area contributed by atoms with Crippen molar-refractivity contribution in [3.63, 3.8) is 0 Å². The summed E-state index contributed by atoms with van der Waals surface area (Å²) in [4.78, 5) is 0. The van der Waals surface area contributed by atoms with E-state index in [1.54, 1.807) is 11.1 Å². The van der Waals surface area contributed by atoms with Crippen LogP contribution >= 0.6 is 15.8 Å². The predicted octanol–water partition coefficient (Wildman–Crippen LogP) is 7.13. The molecule has 0 aliphatic rings. The third kappa shape index (κ3) is 7.15. The van der Waals surface area contributed by atoms with Gasteiger partial charge in [-0.15, -0.1) is 0 Å². The highest BCUT2D eigenvalue weighted by molar-refractivity contribution is 7.73. The number of rotatable bonds is 10. The highest BCUT2D eigenvalue weighted by atomic mass is 31.2. The lowest BCUT2D eigenvalue weighted by Crippen LogP contribution is -1.98. The zero-order valence-corrected chi connectivity index (χ0v) is 16.4. The maximum atomic E-state index is 2.35. The summed E-state index contributed by atoms with van der Waals surface area (Å²) in [5, 5.41) is 0. The van der Waals surface area contributed by atoms with Crippen LogP contribution in [0.3, 0.4) is 0 Å². The lowest BCUT2D eigenvalue weighted by atomic mass is 10.2. The Kier molecular flexibility index (Phi) is 8.88. The van der Waals surface area contributed by atoms with Crippen LogP contribution in [0.25, 0.3) is 0 Å².